The summed E-state index contributed by atoms with van der Waals surface area (Å²) < 4.78 is 0. The highest BCUT2D eigenvalue weighted by Gasteiger charge is 2.21. The van der Waals surface area contributed by atoms with Crippen LogP contribution in [0.4, 0.5) is 4.79 Å². The standard InChI is InChI=1S/C18H28ClN5O/c1-2-21-18(23-15-9-12-24(13-10-15)17(20)25)22-11-5-7-14-6-3-4-8-16(14)19/h3-4,6,8,15H,2,5,7,9-13H2,1H3,(H2,20,25)(H2,21,22,23). The van der Waals surface area contributed by atoms with Gasteiger partial charge in [0.25, 0.3) is 0 Å². The highest BCUT2D eigenvalue weighted by atomic mass is 35.5. The van der Waals surface area contributed by atoms with Crippen molar-refractivity contribution in [2.75, 3.05) is 26.2 Å². The molecule has 0 saturated carbocycles. The van der Waals surface area contributed by atoms with E-state index >= 15 is 0 Å². The molecule has 2 rings (SSSR count). The Hall–Kier alpha value is -1.95. The van der Waals surface area contributed by atoms with Gasteiger partial charge in [0.05, 0.1) is 0 Å². The molecule has 1 heterocycles. The lowest BCUT2D eigenvalue weighted by atomic mass is 10.1. The molecule has 0 unspecified atom stereocenters. The molecule has 1 aliphatic rings. The maximum Gasteiger partial charge on any atom is 0.314 e. The molecule has 0 radical (unpaired) electrons. The van der Waals surface area contributed by atoms with Crippen molar-refractivity contribution in [2.24, 2.45) is 10.7 Å². The van der Waals surface area contributed by atoms with E-state index in [1.807, 2.05) is 18.2 Å². The summed E-state index contributed by atoms with van der Waals surface area (Å²) in [7, 11) is 0. The number of carbonyl (C=O) groups is 1. The first-order chi connectivity index (χ1) is 12.1. The second-order valence-electron chi connectivity index (χ2n) is 6.20. The number of hydrogen-bond donors (Lipinski definition) is 3. The molecule has 1 saturated heterocycles. The van der Waals surface area contributed by atoms with Crippen molar-refractivity contribution in [2.45, 2.75) is 38.6 Å². The Labute approximate surface area is 154 Å². The van der Waals surface area contributed by atoms with Crippen LogP contribution in [0.2, 0.25) is 5.02 Å². The van der Waals surface area contributed by atoms with Crippen LogP contribution in [0.3, 0.4) is 0 Å². The number of nitrogens with one attached hydrogen (secondary N) is 2. The first-order valence-corrected chi connectivity index (χ1v) is 9.30. The number of hydrogen-bond acceptors (Lipinski definition) is 2. The molecule has 2 amide bonds. The molecule has 1 aromatic carbocycles. The first kappa shape index (κ1) is 19.4. The second-order valence-corrected chi connectivity index (χ2v) is 6.61. The summed E-state index contributed by atoms with van der Waals surface area (Å²) in [6.07, 6.45) is 3.62. The van der Waals surface area contributed by atoms with Gasteiger partial charge in [-0.1, -0.05) is 29.8 Å². The molecule has 7 heteroatoms. The third-order valence-corrected chi connectivity index (χ3v) is 4.69. The van der Waals surface area contributed by atoms with Gasteiger partial charge in [-0.05, 0) is 44.2 Å². The lowest BCUT2D eigenvalue weighted by molar-refractivity contribution is 0.188. The largest absolute Gasteiger partial charge is 0.357 e. The van der Waals surface area contributed by atoms with E-state index in [-0.39, 0.29) is 6.03 Å². The molecule has 0 spiro atoms. The Bertz CT molecular complexity index is 585. The van der Waals surface area contributed by atoms with Crippen molar-refractivity contribution in [1.82, 2.24) is 15.5 Å². The highest BCUT2D eigenvalue weighted by molar-refractivity contribution is 6.31. The molecule has 0 aromatic heterocycles. The number of likely N-dealkylation sites (tertiary alicyclic amines) is 1. The number of aliphatic imine (C=N–C) groups is 1. The van der Waals surface area contributed by atoms with Gasteiger partial charge < -0.3 is 21.3 Å². The molecule has 1 aromatic rings. The molecule has 25 heavy (non-hydrogen) atoms. The van der Waals surface area contributed by atoms with Gasteiger partial charge in [-0.3, -0.25) is 4.99 Å². The van der Waals surface area contributed by atoms with E-state index in [2.05, 4.69) is 28.6 Å². The number of primary amides is 1. The Morgan fingerprint density at radius 2 is 2.08 bits per heavy atom. The van der Waals surface area contributed by atoms with Crippen LogP contribution in [-0.2, 0) is 6.42 Å². The van der Waals surface area contributed by atoms with E-state index < -0.39 is 0 Å². The van der Waals surface area contributed by atoms with Gasteiger partial charge in [0.15, 0.2) is 5.96 Å². The summed E-state index contributed by atoms with van der Waals surface area (Å²) in [4.78, 5) is 17.5. The molecule has 1 aliphatic heterocycles. The van der Waals surface area contributed by atoms with Crippen molar-refractivity contribution < 1.29 is 4.79 Å². The van der Waals surface area contributed by atoms with Gasteiger partial charge in [-0.15, -0.1) is 0 Å². The molecular formula is C18H28ClN5O. The number of nitrogens with two attached hydrogens (primary N) is 1. The van der Waals surface area contributed by atoms with Crippen LogP contribution in [0.25, 0.3) is 0 Å². The minimum absolute atomic E-state index is 0.317. The third-order valence-electron chi connectivity index (χ3n) is 4.32. The van der Waals surface area contributed by atoms with E-state index in [0.717, 1.165) is 55.3 Å². The fourth-order valence-electron chi connectivity index (χ4n) is 2.92. The highest BCUT2D eigenvalue weighted by Crippen LogP contribution is 2.16. The molecular weight excluding hydrogens is 338 g/mol. The lowest BCUT2D eigenvalue weighted by Gasteiger charge is -2.32. The Morgan fingerprint density at radius 1 is 1.36 bits per heavy atom. The average molecular weight is 366 g/mol. The van der Waals surface area contributed by atoms with Gasteiger partial charge in [0, 0.05) is 37.2 Å². The zero-order chi connectivity index (χ0) is 18.1. The molecule has 138 valence electrons. The molecule has 4 N–H and O–H groups in total. The van der Waals surface area contributed by atoms with E-state index in [1.165, 1.54) is 0 Å². The van der Waals surface area contributed by atoms with Gasteiger partial charge in [0.1, 0.15) is 0 Å². The molecule has 6 nitrogen and oxygen atoms in total. The van der Waals surface area contributed by atoms with E-state index in [1.54, 1.807) is 4.90 Å². The number of aryl methyl sites for hydroxylation is 1. The lowest BCUT2D eigenvalue weighted by Crippen LogP contribution is -2.50. The smallest absolute Gasteiger partial charge is 0.314 e. The zero-order valence-electron chi connectivity index (χ0n) is 14.8. The number of benzene rings is 1. The van der Waals surface area contributed by atoms with Crippen LogP contribution < -0.4 is 16.4 Å². The third kappa shape index (κ3) is 6.46. The van der Waals surface area contributed by atoms with Gasteiger partial charge in [0.2, 0.25) is 0 Å². The van der Waals surface area contributed by atoms with Crippen LogP contribution in [0.1, 0.15) is 31.7 Å². The molecule has 0 bridgehead atoms. The maximum atomic E-state index is 11.2. The van der Waals surface area contributed by atoms with Crippen LogP contribution in [0.5, 0.6) is 0 Å². The Kier molecular flexibility index (Phi) is 7.85. The normalized spacial score (nSPS) is 15.9. The Morgan fingerprint density at radius 3 is 2.72 bits per heavy atom. The monoisotopic (exact) mass is 365 g/mol. The SMILES string of the molecule is CCNC(=NCCCc1ccccc1Cl)NC1CCN(C(N)=O)CC1. The van der Waals surface area contributed by atoms with Crippen LogP contribution >= 0.6 is 11.6 Å². The average Bonchev–Trinajstić information content (AvgIpc) is 2.60. The van der Waals surface area contributed by atoms with Gasteiger partial charge in [-0.25, -0.2) is 4.79 Å². The van der Waals surface area contributed by atoms with Crippen molar-refractivity contribution in [1.29, 1.82) is 0 Å². The number of nitrogens with zero attached hydrogens (tertiary/aromatic N) is 2. The van der Waals surface area contributed by atoms with Crippen molar-refractivity contribution in [3.63, 3.8) is 0 Å². The zero-order valence-corrected chi connectivity index (χ0v) is 15.6. The fourth-order valence-corrected chi connectivity index (χ4v) is 3.15. The van der Waals surface area contributed by atoms with Crippen LogP contribution in [0.15, 0.2) is 29.3 Å². The maximum absolute atomic E-state index is 11.2. The number of amides is 2. The topological polar surface area (TPSA) is 82.8 Å². The number of guanidine groups is 1. The van der Waals surface area contributed by atoms with Gasteiger partial charge >= 0.3 is 6.03 Å². The second kappa shape index (κ2) is 10.1. The number of rotatable bonds is 6. The van der Waals surface area contributed by atoms with E-state index in [4.69, 9.17) is 17.3 Å². The number of carbonyl (C=O) groups excluding carboxylic acids is 1. The molecule has 1 fully saturated rings. The summed E-state index contributed by atoms with van der Waals surface area (Å²) >= 11 is 6.18. The summed E-state index contributed by atoms with van der Waals surface area (Å²) in [6, 6.07) is 7.91. The summed E-state index contributed by atoms with van der Waals surface area (Å²) in [5.74, 6) is 0.833. The van der Waals surface area contributed by atoms with E-state index in [0.29, 0.717) is 19.1 Å². The fraction of sp³-hybridized carbons (Fsp3) is 0.556. The summed E-state index contributed by atoms with van der Waals surface area (Å²) in [5.41, 5.74) is 6.49. The minimum atomic E-state index is -0.335. The van der Waals surface area contributed by atoms with Crippen molar-refractivity contribution in [3.05, 3.63) is 34.9 Å². The molecule has 0 atom stereocenters. The first-order valence-electron chi connectivity index (χ1n) is 8.92. The molecule has 0 aliphatic carbocycles. The number of halogens is 1. The predicted octanol–water partition coefficient (Wildman–Crippen LogP) is 2.37. The van der Waals surface area contributed by atoms with Gasteiger partial charge in [-0.2, -0.15) is 0 Å². The number of piperidine rings is 1. The van der Waals surface area contributed by atoms with Crippen molar-refractivity contribution >= 4 is 23.6 Å². The predicted molar refractivity (Wildman–Crippen MR) is 103 cm³/mol. The van der Waals surface area contributed by atoms with E-state index in [9.17, 15) is 4.79 Å². The number of urea groups is 1. The Balaban J connectivity index is 1.78. The van der Waals surface area contributed by atoms with Crippen LogP contribution in [0, 0.1) is 0 Å². The minimum Gasteiger partial charge on any atom is -0.357 e. The summed E-state index contributed by atoms with van der Waals surface area (Å²) in [6.45, 7) is 4.99. The summed E-state index contributed by atoms with van der Waals surface area (Å²) in [5, 5.41) is 7.56. The quantitative estimate of drug-likeness (QED) is 0.411. The van der Waals surface area contributed by atoms with Crippen LogP contribution in [-0.4, -0.2) is 49.1 Å². The van der Waals surface area contributed by atoms with Crippen molar-refractivity contribution in [3.8, 4) is 0 Å².